The third-order valence-electron chi connectivity index (χ3n) is 5.16. The lowest BCUT2D eigenvalue weighted by Crippen LogP contribution is -2.37. The van der Waals surface area contributed by atoms with Gasteiger partial charge in [-0.25, -0.2) is 14.6 Å². The van der Waals surface area contributed by atoms with Gasteiger partial charge in [0.1, 0.15) is 6.33 Å². The molecule has 3 heterocycles. The third-order valence-corrected chi connectivity index (χ3v) is 5.16. The van der Waals surface area contributed by atoms with Gasteiger partial charge in [0, 0.05) is 36.6 Å². The second kappa shape index (κ2) is 6.81. The molecule has 2 aliphatic rings. The van der Waals surface area contributed by atoms with E-state index in [4.69, 9.17) is 0 Å². The Morgan fingerprint density at radius 2 is 1.96 bits per heavy atom. The Hall–Kier alpha value is -2.08. The Bertz CT molecular complexity index is 758. The Morgan fingerprint density at radius 3 is 2.83 bits per heavy atom. The van der Waals surface area contributed by atoms with Crippen LogP contribution in [-0.4, -0.2) is 37.2 Å². The molecule has 2 aromatic heterocycles. The molecule has 0 radical (unpaired) electrons. The van der Waals surface area contributed by atoms with Crippen LogP contribution >= 0.6 is 0 Å². The minimum absolute atomic E-state index is 0.0468. The molecule has 2 aromatic rings. The van der Waals surface area contributed by atoms with Crippen molar-refractivity contribution in [2.24, 2.45) is 0 Å². The van der Waals surface area contributed by atoms with Crippen LogP contribution in [0.5, 0.6) is 0 Å². The van der Waals surface area contributed by atoms with Crippen LogP contribution in [0.15, 0.2) is 29.6 Å². The highest BCUT2D eigenvalue weighted by molar-refractivity contribution is 5.20. The standard InChI is InChI=1S/C18H23N5O/c24-18-8-15-4-1-2-6-17(15)21-23(18)12-16-5-3-7-22(16)11-14-9-19-13-20-10-14/h8-10,13,16H,1-7,11-12H2. The van der Waals surface area contributed by atoms with E-state index in [1.54, 1.807) is 11.0 Å². The van der Waals surface area contributed by atoms with E-state index < -0.39 is 0 Å². The second-order valence-electron chi connectivity index (χ2n) is 6.86. The number of nitrogens with zero attached hydrogens (tertiary/aromatic N) is 5. The molecule has 6 heteroatoms. The fourth-order valence-electron chi connectivity index (χ4n) is 3.89. The van der Waals surface area contributed by atoms with Gasteiger partial charge < -0.3 is 0 Å². The maximum atomic E-state index is 12.4. The number of likely N-dealkylation sites (tertiary alicyclic amines) is 1. The van der Waals surface area contributed by atoms with E-state index in [-0.39, 0.29) is 5.56 Å². The molecular weight excluding hydrogens is 302 g/mol. The van der Waals surface area contributed by atoms with E-state index in [1.807, 2.05) is 18.5 Å². The van der Waals surface area contributed by atoms with Gasteiger partial charge in [0.15, 0.2) is 0 Å². The predicted octanol–water partition coefficient (Wildman–Crippen LogP) is 1.58. The van der Waals surface area contributed by atoms with Crippen molar-refractivity contribution in [3.8, 4) is 0 Å². The summed E-state index contributed by atoms with van der Waals surface area (Å²) in [7, 11) is 0. The van der Waals surface area contributed by atoms with Crippen LogP contribution in [0.3, 0.4) is 0 Å². The summed E-state index contributed by atoms with van der Waals surface area (Å²) in [6.07, 6.45) is 11.9. The Morgan fingerprint density at radius 1 is 1.12 bits per heavy atom. The molecule has 0 bridgehead atoms. The molecule has 1 unspecified atom stereocenters. The number of aromatic nitrogens is 4. The van der Waals surface area contributed by atoms with Gasteiger partial charge in [-0.1, -0.05) is 0 Å². The van der Waals surface area contributed by atoms with E-state index in [2.05, 4.69) is 20.0 Å². The predicted molar refractivity (Wildman–Crippen MR) is 90.6 cm³/mol. The highest BCUT2D eigenvalue weighted by atomic mass is 16.1. The van der Waals surface area contributed by atoms with Crippen LogP contribution < -0.4 is 5.56 Å². The first-order valence-electron chi connectivity index (χ1n) is 8.87. The molecule has 1 fully saturated rings. The fraction of sp³-hybridized carbons (Fsp3) is 0.556. The molecule has 24 heavy (non-hydrogen) atoms. The monoisotopic (exact) mass is 325 g/mol. The average Bonchev–Trinajstić information content (AvgIpc) is 3.03. The summed E-state index contributed by atoms with van der Waals surface area (Å²) in [6.45, 7) is 2.57. The van der Waals surface area contributed by atoms with Crippen molar-refractivity contribution in [2.75, 3.05) is 6.54 Å². The van der Waals surface area contributed by atoms with Crippen molar-refractivity contribution in [3.63, 3.8) is 0 Å². The first-order chi connectivity index (χ1) is 11.8. The van der Waals surface area contributed by atoms with Gasteiger partial charge in [-0.3, -0.25) is 9.69 Å². The van der Waals surface area contributed by atoms with Crippen molar-refractivity contribution in [3.05, 3.63) is 52.0 Å². The smallest absolute Gasteiger partial charge is 0.267 e. The zero-order chi connectivity index (χ0) is 16.4. The summed E-state index contributed by atoms with van der Waals surface area (Å²) in [5.74, 6) is 0. The van der Waals surface area contributed by atoms with Gasteiger partial charge >= 0.3 is 0 Å². The van der Waals surface area contributed by atoms with Crippen molar-refractivity contribution in [1.82, 2.24) is 24.6 Å². The van der Waals surface area contributed by atoms with Gasteiger partial charge in [0.05, 0.1) is 12.2 Å². The normalized spacial score (nSPS) is 20.9. The zero-order valence-electron chi connectivity index (χ0n) is 13.9. The summed E-state index contributed by atoms with van der Waals surface area (Å²) in [5.41, 5.74) is 3.45. The Balaban J connectivity index is 1.51. The lowest BCUT2D eigenvalue weighted by atomic mass is 9.97. The van der Waals surface area contributed by atoms with Crippen LogP contribution in [0.4, 0.5) is 0 Å². The van der Waals surface area contributed by atoms with E-state index in [1.165, 1.54) is 12.8 Å². The highest BCUT2D eigenvalue weighted by Gasteiger charge is 2.26. The molecule has 0 N–H and O–H groups in total. The van der Waals surface area contributed by atoms with Crippen molar-refractivity contribution >= 4 is 0 Å². The minimum atomic E-state index is 0.0468. The third kappa shape index (κ3) is 3.24. The number of fused-ring (bicyclic) bond motifs is 1. The fourth-order valence-corrected chi connectivity index (χ4v) is 3.89. The molecular formula is C18H23N5O. The van der Waals surface area contributed by atoms with Crippen LogP contribution in [0, 0.1) is 0 Å². The van der Waals surface area contributed by atoms with Crippen LogP contribution in [0.2, 0.25) is 0 Å². The Labute approximate surface area is 141 Å². The molecule has 1 atom stereocenters. The second-order valence-corrected chi connectivity index (χ2v) is 6.86. The molecule has 0 spiro atoms. The lowest BCUT2D eigenvalue weighted by Gasteiger charge is -2.25. The van der Waals surface area contributed by atoms with Crippen molar-refractivity contribution in [1.29, 1.82) is 0 Å². The summed E-state index contributed by atoms with van der Waals surface area (Å²) >= 11 is 0. The quantitative estimate of drug-likeness (QED) is 0.854. The molecule has 4 rings (SSSR count). The van der Waals surface area contributed by atoms with E-state index in [0.717, 1.165) is 55.6 Å². The molecule has 1 saturated heterocycles. The molecule has 6 nitrogen and oxygen atoms in total. The van der Waals surface area contributed by atoms with Crippen LogP contribution in [-0.2, 0) is 25.9 Å². The zero-order valence-corrected chi connectivity index (χ0v) is 13.9. The van der Waals surface area contributed by atoms with Gasteiger partial charge in [0.25, 0.3) is 5.56 Å². The van der Waals surface area contributed by atoms with E-state index >= 15 is 0 Å². The largest absolute Gasteiger partial charge is 0.294 e. The van der Waals surface area contributed by atoms with Gasteiger partial charge in [-0.05, 0) is 50.6 Å². The number of rotatable bonds is 4. The summed E-state index contributed by atoms with van der Waals surface area (Å²) < 4.78 is 1.69. The topological polar surface area (TPSA) is 63.9 Å². The summed E-state index contributed by atoms with van der Waals surface area (Å²) in [5, 5.41) is 4.67. The van der Waals surface area contributed by atoms with Crippen molar-refractivity contribution < 1.29 is 0 Å². The van der Waals surface area contributed by atoms with Gasteiger partial charge in [-0.2, -0.15) is 5.10 Å². The molecule has 1 aliphatic carbocycles. The number of hydrogen-bond donors (Lipinski definition) is 0. The summed E-state index contributed by atoms with van der Waals surface area (Å²) in [6, 6.07) is 2.17. The first-order valence-corrected chi connectivity index (χ1v) is 8.87. The Kier molecular flexibility index (Phi) is 4.38. The highest BCUT2D eigenvalue weighted by Crippen LogP contribution is 2.21. The molecule has 0 amide bonds. The van der Waals surface area contributed by atoms with Crippen molar-refractivity contribution in [2.45, 2.75) is 57.7 Å². The van der Waals surface area contributed by atoms with E-state index in [0.29, 0.717) is 12.6 Å². The average molecular weight is 325 g/mol. The minimum Gasteiger partial charge on any atom is -0.294 e. The summed E-state index contributed by atoms with van der Waals surface area (Å²) in [4.78, 5) is 23.0. The first kappa shape index (κ1) is 15.4. The van der Waals surface area contributed by atoms with Crippen LogP contribution in [0.1, 0.15) is 42.5 Å². The number of aryl methyl sites for hydroxylation is 2. The SMILES string of the molecule is O=c1cc2c(nn1CC1CCCN1Cc1cncnc1)CCCC2. The maximum Gasteiger partial charge on any atom is 0.267 e. The molecule has 126 valence electrons. The van der Waals surface area contributed by atoms with Gasteiger partial charge in [0.2, 0.25) is 0 Å². The molecule has 0 saturated carbocycles. The van der Waals surface area contributed by atoms with Gasteiger partial charge in [-0.15, -0.1) is 0 Å². The lowest BCUT2D eigenvalue weighted by molar-refractivity contribution is 0.215. The molecule has 0 aromatic carbocycles. The number of hydrogen-bond acceptors (Lipinski definition) is 5. The maximum absolute atomic E-state index is 12.4. The molecule has 1 aliphatic heterocycles. The van der Waals surface area contributed by atoms with E-state index in [9.17, 15) is 4.79 Å². The van der Waals surface area contributed by atoms with Crippen LogP contribution in [0.25, 0.3) is 0 Å².